The number of carbonyl (C=O) groups excluding carboxylic acids is 1. The van der Waals surface area contributed by atoms with Crippen molar-refractivity contribution in [3.05, 3.63) is 11.3 Å². The summed E-state index contributed by atoms with van der Waals surface area (Å²) < 4.78 is 12.6. The third-order valence-electron chi connectivity index (χ3n) is 4.58. The molecule has 0 bridgehead atoms. The standard InChI is InChI=1S/C15H23N3O3/c1-9-8-12(15(19)21-9)18-7-5-6-11(18)13-10(2)16-17(3)14(13)20-4/h9,11-12H,5-8H2,1-4H3. The van der Waals surface area contributed by atoms with E-state index in [2.05, 4.69) is 10.00 Å². The lowest BCUT2D eigenvalue weighted by Gasteiger charge is -2.28. The van der Waals surface area contributed by atoms with Crippen LogP contribution in [-0.4, -0.2) is 46.5 Å². The van der Waals surface area contributed by atoms with E-state index in [9.17, 15) is 4.79 Å². The molecule has 0 amide bonds. The number of cyclic esters (lactones) is 1. The molecule has 0 aromatic carbocycles. The molecule has 3 unspecified atom stereocenters. The molecular weight excluding hydrogens is 270 g/mol. The predicted molar refractivity (Wildman–Crippen MR) is 77.1 cm³/mol. The highest BCUT2D eigenvalue weighted by atomic mass is 16.6. The van der Waals surface area contributed by atoms with Gasteiger partial charge in [0.05, 0.1) is 18.4 Å². The van der Waals surface area contributed by atoms with E-state index < -0.39 is 0 Å². The van der Waals surface area contributed by atoms with Crippen LogP contribution in [0.4, 0.5) is 0 Å². The minimum atomic E-state index is -0.128. The zero-order chi connectivity index (χ0) is 15.1. The number of methoxy groups -OCH3 is 1. The molecule has 116 valence electrons. The first-order chi connectivity index (χ1) is 10.0. The first-order valence-corrected chi connectivity index (χ1v) is 7.56. The quantitative estimate of drug-likeness (QED) is 0.792. The third-order valence-corrected chi connectivity index (χ3v) is 4.58. The number of nitrogens with zero attached hydrogens (tertiary/aromatic N) is 3. The number of esters is 1. The second kappa shape index (κ2) is 5.33. The van der Waals surface area contributed by atoms with Gasteiger partial charge in [0.25, 0.3) is 0 Å². The van der Waals surface area contributed by atoms with Crippen molar-refractivity contribution in [2.75, 3.05) is 13.7 Å². The maximum absolute atomic E-state index is 12.1. The highest BCUT2D eigenvalue weighted by molar-refractivity contribution is 5.78. The minimum Gasteiger partial charge on any atom is -0.481 e. The molecule has 2 aliphatic rings. The van der Waals surface area contributed by atoms with E-state index in [1.807, 2.05) is 20.9 Å². The molecule has 6 nitrogen and oxygen atoms in total. The smallest absolute Gasteiger partial charge is 0.323 e. The number of aromatic nitrogens is 2. The molecule has 2 aliphatic heterocycles. The largest absolute Gasteiger partial charge is 0.481 e. The predicted octanol–water partition coefficient (Wildman–Crippen LogP) is 1.58. The van der Waals surface area contributed by atoms with Crippen molar-refractivity contribution >= 4 is 5.97 Å². The first kappa shape index (κ1) is 14.4. The van der Waals surface area contributed by atoms with Crippen LogP contribution in [-0.2, 0) is 16.6 Å². The minimum absolute atomic E-state index is 0.0145. The van der Waals surface area contributed by atoms with Gasteiger partial charge < -0.3 is 9.47 Å². The summed E-state index contributed by atoms with van der Waals surface area (Å²) in [6.45, 7) is 4.89. The molecular formula is C15H23N3O3. The topological polar surface area (TPSA) is 56.6 Å². The zero-order valence-electron chi connectivity index (χ0n) is 13.1. The fourth-order valence-electron chi connectivity index (χ4n) is 3.76. The summed E-state index contributed by atoms with van der Waals surface area (Å²) in [5.41, 5.74) is 2.09. The SMILES string of the molecule is COc1c(C2CCCN2C2CC(C)OC2=O)c(C)nn1C. The Morgan fingerprint density at radius 1 is 1.38 bits per heavy atom. The van der Waals surface area contributed by atoms with Gasteiger partial charge in [0.2, 0.25) is 5.88 Å². The van der Waals surface area contributed by atoms with Gasteiger partial charge in [-0.25, -0.2) is 4.68 Å². The van der Waals surface area contributed by atoms with Crippen LogP contribution in [0.2, 0.25) is 0 Å². The normalized spacial score (nSPS) is 29.9. The van der Waals surface area contributed by atoms with Gasteiger partial charge in [0, 0.05) is 19.5 Å². The molecule has 0 spiro atoms. The fraction of sp³-hybridized carbons (Fsp3) is 0.733. The van der Waals surface area contributed by atoms with Crippen LogP contribution in [0.5, 0.6) is 5.88 Å². The van der Waals surface area contributed by atoms with Gasteiger partial charge in [-0.3, -0.25) is 9.69 Å². The van der Waals surface area contributed by atoms with Crippen LogP contribution < -0.4 is 4.74 Å². The van der Waals surface area contributed by atoms with E-state index in [-0.39, 0.29) is 24.2 Å². The number of aryl methyl sites for hydroxylation is 2. The second-order valence-corrected chi connectivity index (χ2v) is 6.03. The Kier molecular flexibility index (Phi) is 3.65. The molecule has 1 aromatic rings. The second-order valence-electron chi connectivity index (χ2n) is 6.03. The van der Waals surface area contributed by atoms with Crippen molar-refractivity contribution in [3.63, 3.8) is 0 Å². The Morgan fingerprint density at radius 3 is 2.76 bits per heavy atom. The average Bonchev–Trinajstić information content (AvgIpc) is 3.07. The van der Waals surface area contributed by atoms with E-state index in [1.54, 1.807) is 11.8 Å². The number of ether oxygens (including phenoxy) is 2. The Balaban J connectivity index is 1.93. The monoisotopic (exact) mass is 293 g/mol. The van der Waals surface area contributed by atoms with Gasteiger partial charge in [0.1, 0.15) is 12.1 Å². The average molecular weight is 293 g/mol. The molecule has 1 aromatic heterocycles. The lowest BCUT2D eigenvalue weighted by molar-refractivity contribution is -0.145. The van der Waals surface area contributed by atoms with Crippen molar-refractivity contribution in [2.24, 2.45) is 7.05 Å². The van der Waals surface area contributed by atoms with E-state index >= 15 is 0 Å². The highest BCUT2D eigenvalue weighted by Crippen LogP contribution is 2.41. The number of hydrogen-bond donors (Lipinski definition) is 0. The van der Waals surface area contributed by atoms with E-state index in [0.717, 1.165) is 42.9 Å². The Labute approximate surface area is 125 Å². The molecule has 21 heavy (non-hydrogen) atoms. The number of carbonyl (C=O) groups is 1. The van der Waals surface area contributed by atoms with Crippen LogP contribution in [0.15, 0.2) is 0 Å². The van der Waals surface area contributed by atoms with E-state index in [1.165, 1.54) is 0 Å². The summed E-state index contributed by atoms with van der Waals surface area (Å²) in [6.07, 6.45) is 2.90. The van der Waals surface area contributed by atoms with E-state index in [0.29, 0.717) is 0 Å². The summed E-state index contributed by atoms with van der Waals surface area (Å²) in [6, 6.07) is 0.0633. The van der Waals surface area contributed by atoms with Gasteiger partial charge in [-0.05, 0) is 33.2 Å². The Morgan fingerprint density at radius 2 is 2.14 bits per heavy atom. The third kappa shape index (κ3) is 2.31. The molecule has 0 radical (unpaired) electrons. The molecule has 3 atom stereocenters. The van der Waals surface area contributed by atoms with E-state index in [4.69, 9.17) is 9.47 Å². The molecule has 3 rings (SSSR count). The molecule has 2 fully saturated rings. The highest BCUT2D eigenvalue weighted by Gasteiger charge is 2.43. The molecule has 6 heteroatoms. The van der Waals surface area contributed by atoms with Crippen LogP contribution >= 0.6 is 0 Å². The molecule has 0 aliphatic carbocycles. The van der Waals surface area contributed by atoms with Crippen molar-refractivity contribution in [2.45, 2.75) is 51.3 Å². The van der Waals surface area contributed by atoms with Crippen LogP contribution in [0.25, 0.3) is 0 Å². The summed E-state index contributed by atoms with van der Waals surface area (Å²) >= 11 is 0. The van der Waals surface area contributed by atoms with Crippen molar-refractivity contribution in [1.29, 1.82) is 0 Å². The van der Waals surface area contributed by atoms with Crippen molar-refractivity contribution in [3.8, 4) is 5.88 Å². The maximum atomic E-state index is 12.1. The number of likely N-dealkylation sites (tertiary alicyclic amines) is 1. The molecule has 0 saturated carbocycles. The number of rotatable bonds is 3. The summed E-state index contributed by atoms with van der Waals surface area (Å²) in [4.78, 5) is 14.4. The summed E-state index contributed by atoms with van der Waals surface area (Å²) in [5, 5.41) is 4.47. The Hall–Kier alpha value is -1.56. The molecule has 3 heterocycles. The number of hydrogen-bond acceptors (Lipinski definition) is 5. The lowest BCUT2D eigenvalue weighted by atomic mass is 10.0. The zero-order valence-corrected chi connectivity index (χ0v) is 13.1. The van der Waals surface area contributed by atoms with Crippen molar-refractivity contribution in [1.82, 2.24) is 14.7 Å². The Bertz CT molecular complexity index is 555. The van der Waals surface area contributed by atoms with Gasteiger partial charge >= 0.3 is 5.97 Å². The van der Waals surface area contributed by atoms with Crippen LogP contribution in [0.1, 0.15) is 43.5 Å². The summed E-state index contributed by atoms with van der Waals surface area (Å²) in [7, 11) is 3.56. The lowest BCUT2D eigenvalue weighted by Crippen LogP contribution is -2.38. The molecule has 0 N–H and O–H groups in total. The van der Waals surface area contributed by atoms with Crippen molar-refractivity contribution < 1.29 is 14.3 Å². The first-order valence-electron chi connectivity index (χ1n) is 7.56. The van der Waals surface area contributed by atoms with Gasteiger partial charge in [0.15, 0.2) is 0 Å². The van der Waals surface area contributed by atoms with Crippen LogP contribution in [0.3, 0.4) is 0 Å². The fourth-order valence-corrected chi connectivity index (χ4v) is 3.76. The maximum Gasteiger partial charge on any atom is 0.323 e. The molecule has 2 saturated heterocycles. The van der Waals surface area contributed by atoms with Gasteiger partial charge in [-0.15, -0.1) is 0 Å². The summed E-state index contributed by atoms with van der Waals surface area (Å²) in [5.74, 6) is 0.707. The van der Waals surface area contributed by atoms with Gasteiger partial charge in [-0.1, -0.05) is 0 Å². The van der Waals surface area contributed by atoms with Crippen LogP contribution in [0, 0.1) is 6.92 Å². The van der Waals surface area contributed by atoms with Gasteiger partial charge in [-0.2, -0.15) is 5.10 Å².